The number of nitrogens with zero attached hydrogens (tertiary/aromatic N) is 3. The number of esters is 2. The van der Waals surface area contributed by atoms with Gasteiger partial charge in [-0.2, -0.15) is 5.10 Å². The fourth-order valence-corrected chi connectivity index (χ4v) is 4.88. The summed E-state index contributed by atoms with van der Waals surface area (Å²) in [5, 5.41) is 6.74. The molecule has 0 aliphatic carbocycles. The number of halogens is 1. The predicted octanol–water partition coefficient (Wildman–Crippen LogP) is 1.88. The normalized spacial score (nSPS) is 18.4. The molecule has 0 radical (unpaired) electrons. The molecule has 2 aromatic rings. The van der Waals surface area contributed by atoms with Crippen LogP contribution in [0.25, 0.3) is 5.52 Å². The van der Waals surface area contributed by atoms with E-state index in [1.54, 1.807) is 26.0 Å². The van der Waals surface area contributed by atoms with Crippen LogP contribution in [0, 0.1) is 5.92 Å². The molecule has 3 heterocycles. The van der Waals surface area contributed by atoms with Crippen LogP contribution in [0.3, 0.4) is 0 Å². The van der Waals surface area contributed by atoms with Crippen LogP contribution in [0.4, 0.5) is 10.2 Å². The summed E-state index contributed by atoms with van der Waals surface area (Å²) < 4.78 is 56.2. The van der Waals surface area contributed by atoms with Gasteiger partial charge in [-0.15, -0.1) is 0 Å². The summed E-state index contributed by atoms with van der Waals surface area (Å²) >= 11 is 0. The Morgan fingerprint density at radius 1 is 1.28 bits per heavy atom. The number of aromatic nitrogens is 3. The summed E-state index contributed by atoms with van der Waals surface area (Å²) in [5.41, 5.74) is 5.17. The van der Waals surface area contributed by atoms with Crippen molar-refractivity contribution in [1.29, 1.82) is 0 Å². The second kappa shape index (κ2) is 14.1. The van der Waals surface area contributed by atoms with Gasteiger partial charge >= 0.3 is 11.9 Å². The average molecular weight is 574 g/mol. The van der Waals surface area contributed by atoms with E-state index in [-0.39, 0.29) is 18.3 Å². The lowest BCUT2D eigenvalue weighted by atomic mass is 9.94. The third-order valence-corrected chi connectivity index (χ3v) is 7.57. The van der Waals surface area contributed by atoms with E-state index in [1.165, 1.54) is 24.9 Å². The lowest BCUT2D eigenvalue weighted by Crippen LogP contribution is -2.53. The Kier molecular flexibility index (Phi) is 11.2. The highest BCUT2D eigenvalue weighted by Crippen LogP contribution is 2.30. The molecule has 13 nitrogen and oxygen atoms in total. The van der Waals surface area contributed by atoms with Crippen molar-refractivity contribution in [2.75, 3.05) is 39.3 Å². The quantitative estimate of drug-likeness (QED) is 0.249. The second-order valence-corrected chi connectivity index (χ2v) is 10.8. The number of fused-ring (bicyclic) bond motifs is 1. The summed E-state index contributed by atoms with van der Waals surface area (Å²) in [7, 11) is -1.81. The highest BCUT2D eigenvalue weighted by molar-refractivity contribution is 7.36. The Hall–Kier alpha value is -2.64. The molecule has 15 heteroatoms. The number of ether oxygens (including phenoxy) is 4. The van der Waals surface area contributed by atoms with Crippen LogP contribution in [0.2, 0.25) is 0 Å². The smallest absolute Gasteiger partial charge is 0.323 e. The molecule has 0 saturated carbocycles. The standard InChI is InChI=1S/C24H37FN5O8P/c1-15(2)22(31)38-20(11-17-5-6-19-21(26)27-14-28-30(17)19)24(12-25,34-4)13-36-39(33)29-16(3)23(32)37-18-7-9-35-10-8-18/h5-6,14-16,18,20,39H,7-13H2,1-4H3,(H,29,33)(H2,26,27,28)/t16-,20-,24+/m0/s1. The predicted molar refractivity (Wildman–Crippen MR) is 139 cm³/mol. The number of anilines is 1. The monoisotopic (exact) mass is 573 g/mol. The van der Waals surface area contributed by atoms with E-state index in [0.717, 1.165) is 0 Å². The maximum atomic E-state index is 14.7. The number of nitrogens with two attached hydrogens (primary N) is 1. The number of nitrogen functional groups attached to an aromatic ring is 1. The van der Waals surface area contributed by atoms with Crippen molar-refractivity contribution in [2.45, 2.75) is 63.9 Å². The van der Waals surface area contributed by atoms with Crippen molar-refractivity contribution in [1.82, 2.24) is 19.7 Å². The lowest BCUT2D eigenvalue weighted by Gasteiger charge is -2.36. The molecule has 39 heavy (non-hydrogen) atoms. The van der Waals surface area contributed by atoms with Gasteiger partial charge in [-0.1, -0.05) is 13.8 Å². The second-order valence-electron chi connectivity index (χ2n) is 9.64. The minimum Gasteiger partial charge on any atom is -0.461 e. The van der Waals surface area contributed by atoms with Gasteiger partial charge in [-0.3, -0.25) is 14.2 Å². The van der Waals surface area contributed by atoms with Gasteiger partial charge in [0.05, 0.1) is 25.7 Å². The van der Waals surface area contributed by atoms with Gasteiger partial charge in [-0.05, 0) is 19.1 Å². The molecule has 0 spiro atoms. The Morgan fingerprint density at radius 3 is 2.64 bits per heavy atom. The Balaban J connectivity index is 1.72. The van der Waals surface area contributed by atoms with Crippen molar-refractivity contribution in [3.63, 3.8) is 0 Å². The van der Waals surface area contributed by atoms with Gasteiger partial charge in [-0.25, -0.2) is 19.0 Å². The van der Waals surface area contributed by atoms with Gasteiger partial charge in [0, 0.05) is 32.1 Å². The van der Waals surface area contributed by atoms with Crippen LogP contribution >= 0.6 is 8.18 Å². The van der Waals surface area contributed by atoms with Gasteiger partial charge in [0.1, 0.15) is 36.8 Å². The van der Waals surface area contributed by atoms with Crippen LogP contribution in [-0.4, -0.2) is 84.0 Å². The molecule has 1 aliphatic rings. The molecule has 4 atom stereocenters. The first kappa shape index (κ1) is 30.9. The first-order chi connectivity index (χ1) is 18.6. The molecule has 3 rings (SSSR count). The molecule has 0 bridgehead atoms. The Morgan fingerprint density at radius 2 is 2.00 bits per heavy atom. The molecule has 1 fully saturated rings. The van der Waals surface area contributed by atoms with Crippen molar-refractivity contribution in [2.24, 2.45) is 5.92 Å². The number of alkyl halides is 1. The van der Waals surface area contributed by atoms with E-state index in [4.69, 9.17) is 29.2 Å². The van der Waals surface area contributed by atoms with E-state index in [1.807, 2.05) is 0 Å². The van der Waals surface area contributed by atoms with Crippen molar-refractivity contribution < 1.29 is 42.0 Å². The molecule has 1 unspecified atom stereocenters. The Bertz CT molecular complexity index is 1140. The molecule has 0 aromatic carbocycles. The number of rotatable bonds is 14. The highest BCUT2D eigenvalue weighted by atomic mass is 31.1. The van der Waals surface area contributed by atoms with Crippen molar-refractivity contribution in [3.05, 3.63) is 24.2 Å². The van der Waals surface area contributed by atoms with E-state index in [9.17, 15) is 18.5 Å². The maximum Gasteiger partial charge on any atom is 0.323 e. The first-order valence-electron chi connectivity index (χ1n) is 12.7. The van der Waals surface area contributed by atoms with Crippen LogP contribution in [0.15, 0.2) is 18.5 Å². The fraction of sp³-hybridized carbons (Fsp3) is 0.667. The van der Waals surface area contributed by atoms with Gasteiger partial charge in [0.2, 0.25) is 0 Å². The zero-order valence-electron chi connectivity index (χ0n) is 22.6. The maximum absolute atomic E-state index is 14.7. The van der Waals surface area contributed by atoms with Gasteiger partial charge in [0.25, 0.3) is 8.18 Å². The average Bonchev–Trinajstić information content (AvgIpc) is 3.33. The zero-order valence-corrected chi connectivity index (χ0v) is 23.6. The first-order valence-corrected chi connectivity index (χ1v) is 14.0. The third-order valence-electron chi connectivity index (χ3n) is 6.49. The van der Waals surface area contributed by atoms with Crippen molar-refractivity contribution in [3.8, 4) is 0 Å². The molecule has 1 aliphatic heterocycles. The molecule has 218 valence electrons. The third kappa shape index (κ3) is 7.95. The summed E-state index contributed by atoms with van der Waals surface area (Å²) in [4.78, 5) is 28.9. The van der Waals surface area contributed by atoms with E-state index in [2.05, 4.69) is 15.2 Å². The molecular formula is C24H37FN5O8P. The summed E-state index contributed by atoms with van der Waals surface area (Å²) in [6, 6.07) is 2.45. The molecule has 1 saturated heterocycles. The SMILES string of the molecule is CO[C@](CF)(CO[PH](=O)N[C@@H](C)C(=O)OC1CCOCC1)[C@H](Cc1ccc2c(N)ncnn12)OC(=O)C(C)C. The fourth-order valence-electron chi connectivity index (χ4n) is 3.95. The highest BCUT2D eigenvalue weighted by Gasteiger charge is 2.44. The van der Waals surface area contributed by atoms with Crippen LogP contribution in [-0.2, 0) is 44.0 Å². The molecule has 3 N–H and O–H groups in total. The Labute approximate surface area is 226 Å². The number of hydrogen-bond donors (Lipinski definition) is 2. The van der Waals surface area contributed by atoms with Crippen LogP contribution in [0.1, 0.15) is 39.3 Å². The van der Waals surface area contributed by atoms with Gasteiger partial charge < -0.3 is 29.2 Å². The van der Waals surface area contributed by atoms with E-state index in [0.29, 0.717) is 37.3 Å². The number of carbonyl (C=O) groups excluding carboxylic acids is 2. The van der Waals surface area contributed by atoms with Gasteiger partial charge in [0.15, 0.2) is 11.4 Å². The number of nitrogens with one attached hydrogen (secondary N) is 1. The minimum atomic E-state index is -3.06. The summed E-state index contributed by atoms with van der Waals surface area (Å²) in [6.07, 6.45) is 0.962. The number of hydrogen-bond acceptors (Lipinski definition) is 11. The molecular weight excluding hydrogens is 536 g/mol. The van der Waals surface area contributed by atoms with Crippen molar-refractivity contribution >= 4 is 31.5 Å². The summed E-state index contributed by atoms with van der Waals surface area (Å²) in [6.45, 7) is 4.12. The van der Waals surface area contributed by atoms with E-state index < -0.39 is 57.1 Å². The summed E-state index contributed by atoms with van der Waals surface area (Å²) in [5.74, 6) is -1.43. The topological polar surface area (TPSA) is 166 Å². The van der Waals surface area contributed by atoms with E-state index >= 15 is 0 Å². The van der Waals surface area contributed by atoms with Crippen LogP contribution in [0.5, 0.6) is 0 Å². The molecule has 0 amide bonds. The van der Waals surface area contributed by atoms with Crippen LogP contribution < -0.4 is 10.8 Å². The lowest BCUT2D eigenvalue weighted by molar-refractivity contribution is -0.181. The molecule has 2 aromatic heterocycles. The number of methoxy groups -OCH3 is 1. The largest absolute Gasteiger partial charge is 0.461 e. The minimum absolute atomic E-state index is 0.0214. The number of carbonyl (C=O) groups is 2. The zero-order chi connectivity index (χ0) is 28.6.